The fraction of sp³-hybridized carbons (Fsp3) is 0.375. The summed E-state index contributed by atoms with van der Waals surface area (Å²) in [5.41, 5.74) is 1.08. The summed E-state index contributed by atoms with van der Waals surface area (Å²) < 4.78 is 11.1. The van der Waals surface area contributed by atoms with Crippen LogP contribution in [0.15, 0.2) is 36.7 Å². The molecule has 0 saturated carbocycles. The van der Waals surface area contributed by atoms with Crippen molar-refractivity contribution in [3.63, 3.8) is 0 Å². The first-order valence-corrected chi connectivity index (χ1v) is 6.98. The molecule has 1 aromatic heterocycles. The largest absolute Gasteiger partial charge is 0.497 e. The maximum atomic E-state index is 5.85. The molecule has 0 aliphatic rings. The number of ether oxygens (including phenoxy) is 2. The zero-order valence-corrected chi connectivity index (χ0v) is 12.7. The van der Waals surface area contributed by atoms with E-state index in [2.05, 4.69) is 29.1 Å². The van der Waals surface area contributed by atoms with Crippen LogP contribution in [0, 0.1) is 0 Å². The Labute approximate surface area is 125 Å². The van der Waals surface area contributed by atoms with Crippen molar-refractivity contribution < 1.29 is 9.47 Å². The number of nitrogens with one attached hydrogen (secondary N) is 1. The van der Waals surface area contributed by atoms with E-state index in [1.54, 1.807) is 25.6 Å². The number of hydrogen-bond donors (Lipinski definition) is 1. The van der Waals surface area contributed by atoms with Gasteiger partial charge in [-0.1, -0.05) is 19.9 Å². The number of rotatable bonds is 7. The van der Waals surface area contributed by atoms with Crippen molar-refractivity contribution in [2.24, 2.45) is 0 Å². The molecule has 0 fully saturated rings. The van der Waals surface area contributed by atoms with Gasteiger partial charge in [0, 0.05) is 36.6 Å². The summed E-state index contributed by atoms with van der Waals surface area (Å²) in [6, 6.07) is 8.03. The quantitative estimate of drug-likeness (QED) is 0.848. The Hall–Kier alpha value is -2.14. The van der Waals surface area contributed by atoms with Gasteiger partial charge in [-0.25, -0.2) is 9.97 Å². The van der Waals surface area contributed by atoms with Crippen LogP contribution in [-0.2, 0) is 13.2 Å². The second kappa shape index (κ2) is 7.59. The smallest absolute Gasteiger partial charge is 0.166 e. The summed E-state index contributed by atoms with van der Waals surface area (Å²) in [5.74, 6) is 2.21. The average molecular weight is 287 g/mol. The highest BCUT2D eigenvalue weighted by atomic mass is 16.5. The molecule has 1 N–H and O–H groups in total. The third-order valence-corrected chi connectivity index (χ3v) is 2.95. The van der Waals surface area contributed by atoms with Crippen molar-refractivity contribution in [2.75, 3.05) is 7.11 Å². The minimum absolute atomic E-state index is 0.336. The van der Waals surface area contributed by atoms with E-state index in [0.29, 0.717) is 18.5 Å². The van der Waals surface area contributed by atoms with Gasteiger partial charge < -0.3 is 14.8 Å². The van der Waals surface area contributed by atoms with E-state index < -0.39 is 0 Å². The van der Waals surface area contributed by atoms with E-state index in [-0.39, 0.29) is 0 Å². The van der Waals surface area contributed by atoms with Crippen LogP contribution in [0.5, 0.6) is 11.5 Å². The van der Waals surface area contributed by atoms with E-state index in [1.807, 2.05) is 18.2 Å². The van der Waals surface area contributed by atoms with Crippen molar-refractivity contribution in [2.45, 2.75) is 33.0 Å². The lowest BCUT2D eigenvalue weighted by atomic mass is 10.2. The molecule has 0 aliphatic heterocycles. The average Bonchev–Trinajstić information content (AvgIpc) is 2.52. The first-order chi connectivity index (χ1) is 10.2. The third kappa shape index (κ3) is 4.72. The standard InChI is InChI=1S/C16H21N3O2/c1-12(2)19-10-13-5-6-14(20-3)9-15(13)21-11-16-17-7-4-8-18-16/h4-9,12,19H,10-11H2,1-3H3. The molecular weight excluding hydrogens is 266 g/mol. The Bertz CT molecular complexity index is 559. The summed E-state index contributed by atoms with van der Waals surface area (Å²) in [5, 5.41) is 3.39. The van der Waals surface area contributed by atoms with Crippen LogP contribution in [0.4, 0.5) is 0 Å². The van der Waals surface area contributed by atoms with Crippen LogP contribution in [0.3, 0.4) is 0 Å². The van der Waals surface area contributed by atoms with E-state index >= 15 is 0 Å². The highest BCUT2D eigenvalue weighted by molar-refractivity contribution is 5.40. The third-order valence-electron chi connectivity index (χ3n) is 2.95. The second-order valence-corrected chi connectivity index (χ2v) is 4.96. The predicted molar refractivity (Wildman–Crippen MR) is 81.3 cm³/mol. The van der Waals surface area contributed by atoms with E-state index in [4.69, 9.17) is 9.47 Å². The molecule has 0 spiro atoms. The highest BCUT2D eigenvalue weighted by Crippen LogP contribution is 2.25. The molecule has 112 valence electrons. The number of hydrogen-bond acceptors (Lipinski definition) is 5. The molecule has 1 heterocycles. The Morgan fingerprint density at radius 2 is 1.95 bits per heavy atom. The van der Waals surface area contributed by atoms with Gasteiger partial charge >= 0.3 is 0 Å². The van der Waals surface area contributed by atoms with Gasteiger partial charge in [0.15, 0.2) is 5.82 Å². The van der Waals surface area contributed by atoms with Gasteiger partial charge in [0.25, 0.3) is 0 Å². The lowest BCUT2D eigenvalue weighted by Gasteiger charge is -2.14. The van der Waals surface area contributed by atoms with Crippen molar-refractivity contribution in [1.82, 2.24) is 15.3 Å². The minimum Gasteiger partial charge on any atom is -0.497 e. The molecule has 5 nitrogen and oxygen atoms in total. The molecule has 0 saturated heterocycles. The summed E-state index contributed by atoms with van der Waals surface area (Å²) in [4.78, 5) is 8.31. The van der Waals surface area contributed by atoms with Gasteiger partial charge in [-0.3, -0.25) is 0 Å². The minimum atomic E-state index is 0.336. The first-order valence-electron chi connectivity index (χ1n) is 6.98. The summed E-state index contributed by atoms with van der Waals surface area (Å²) in [7, 11) is 1.64. The maximum absolute atomic E-state index is 5.85. The van der Waals surface area contributed by atoms with E-state index in [0.717, 1.165) is 23.6 Å². The molecule has 0 aliphatic carbocycles. The van der Waals surface area contributed by atoms with Crippen molar-refractivity contribution in [1.29, 1.82) is 0 Å². The first kappa shape index (κ1) is 15.3. The summed E-state index contributed by atoms with van der Waals surface area (Å²) in [6.07, 6.45) is 3.41. The number of nitrogens with zero attached hydrogens (tertiary/aromatic N) is 2. The van der Waals surface area contributed by atoms with Gasteiger partial charge in [-0.15, -0.1) is 0 Å². The number of methoxy groups -OCH3 is 1. The van der Waals surface area contributed by atoms with Crippen molar-refractivity contribution in [3.05, 3.63) is 48.0 Å². The van der Waals surface area contributed by atoms with Crippen LogP contribution in [0.2, 0.25) is 0 Å². The molecule has 2 rings (SSSR count). The van der Waals surface area contributed by atoms with Crippen LogP contribution >= 0.6 is 0 Å². The lowest BCUT2D eigenvalue weighted by molar-refractivity contribution is 0.289. The molecule has 21 heavy (non-hydrogen) atoms. The zero-order chi connectivity index (χ0) is 15.1. The monoisotopic (exact) mass is 287 g/mol. The van der Waals surface area contributed by atoms with Gasteiger partial charge in [-0.2, -0.15) is 0 Å². The fourth-order valence-electron chi connectivity index (χ4n) is 1.80. The molecule has 2 aromatic rings. The second-order valence-electron chi connectivity index (χ2n) is 4.96. The van der Waals surface area contributed by atoms with Crippen LogP contribution < -0.4 is 14.8 Å². The number of aromatic nitrogens is 2. The topological polar surface area (TPSA) is 56.3 Å². The fourth-order valence-corrected chi connectivity index (χ4v) is 1.80. The molecule has 0 atom stereocenters. The zero-order valence-electron chi connectivity index (χ0n) is 12.7. The van der Waals surface area contributed by atoms with Gasteiger partial charge in [0.2, 0.25) is 0 Å². The molecule has 0 unspecified atom stereocenters. The lowest BCUT2D eigenvalue weighted by Crippen LogP contribution is -2.22. The van der Waals surface area contributed by atoms with E-state index in [9.17, 15) is 0 Å². The van der Waals surface area contributed by atoms with Crippen molar-refractivity contribution >= 4 is 0 Å². The molecule has 5 heteroatoms. The highest BCUT2D eigenvalue weighted by Gasteiger charge is 2.08. The van der Waals surface area contributed by atoms with Gasteiger partial charge in [0.05, 0.1) is 7.11 Å². The van der Waals surface area contributed by atoms with Crippen LogP contribution in [0.25, 0.3) is 0 Å². The Morgan fingerprint density at radius 1 is 1.19 bits per heavy atom. The molecule has 1 aromatic carbocycles. The van der Waals surface area contributed by atoms with Gasteiger partial charge in [-0.05, 0) is 12.1 Å². The SMILES string of the molecule is COc1ccc(CNC(C)C)c(OCc2ncccn2)c1. The Kier molecular flexibility index (Phi) is 5.51. The van der Waals surface area contributed by atoms with Crippen LogP contribution in [0.1, 0.15) is 25.2 Å². The molecule has 0 bridgehead atoms. The van der Waals surface area contributed by atoms with Crippen molar-refractivity contribution in [3.8, 4) is 11.5 Å². The Balaban J connectivity index is 2.10. The summed E-state index contributed by atoms with van der Waals surface area (Å²) >= 11 is 0. The van der Waals surface area contributed by atoms with Crippen LogP contribution in [-0.4, -0.2) is 23.1 Å². The molecule has 0 amide bonds. The summed E-state index contributed by atoms with van der Waals surface area (Å²) in [6.45, 7) is 5.30. The van der Waals surface area contributed by atoms with E-state index in [1.165, 1.54) is 0 Å². The normalized spacial score (nSPS) is 10.7. The Morgan fingerprint density at radius 3 is 2.62 bits per heavy atom. The molecule has 0 radical (unpaired) electrons. The predicted octanol–water partition coefficient (Wildman–Crippen LogP) is 2.56. The maximum Gasteiger partial charge on any atom is 0.166 e. The van der Waals surface area contributed by atoms with Gasteiger partial charge in [0.1, 0.15) is 18.1 Å². The molecular formula is C16H21N3O2. The number of benzene rings is 1.